The summed E-state index contributed by atoms with van der Waals surface area (Å²) in [5.74, 6) is 1.28. The van der Waals surface area contributed by atoms with Gasteiger partial charge in [0.1, 0.15) is 12.1 Å². The third-order valence-electron chi connectivity index (χ3n) is 2.66. The van der Waals surface area contributed by atoms with Gasteiger partial charge in [-0.05, 0) is 24.6 Å². The Kier molecular flexibility index (Phi) is 4.87. The van der Waals surface area contributed by atoms with E-state index in [2.05, 4.69) is 32.8 Å². The Hall–Kier alpha value is -1.46. The van der Waals surface area contributed by atoms with E-state index in [1.54, 1.807) is 0 Å². The molecule has 0 atom stereocenters. The van der Waals surface area contributed by atoms with Gasteiger partial charge in [-0.25, -0.2) is 9.97 Å². The van der Waals surface area contributed by atoms with Crippen LogP contribution in [0.15, 0.2) is 35.1 Å². The lowest BCUT2D eigenvalue weighted by Crippen LogP contribution is -2.01. The summed E-state index contributed by atoms with van der Waals surface area (Å²) in [7, 11) is 0. The summed E-state index contributed by atoms with van der Waals surface area (Å²) in [6.07, 6.45) is 3.49. The predicted octanol–water partition coefficient (Wildman–Crippen LogP) is 3.44. The van der Waals surface area contributed by atoms with Crippen molar-refractivity contribution in [1.82, 2.24) is 9.97 Å². The molecule has 0 aliphatic heterocycles. The number of hydrogen-bond acceptors (Lipinski definition) is 4. The molecule has 2 rings (SSSR count). The first kappa shape index (κ1) is 14.0. The Balaban J connectivity index is 2.23. The Bertz CT molecular complexity index is 560. The highest BCUT2D eigenvalue weighted by Gasteiger charge is 2.06. The highest BCUT2D eigenvalue weighted by molar-refractivity contribution is 9.10. The van der Waals surface area contributed by atoms with Crippen molar-refractivity contribution in [2.24, 2.45) is 5.73 Å². The monoisotopic (exact) mass is 321 g/mol. The van der Waals surface area contributed by atoms with Gasteiger partial charge in [0, 0.05) is 28.3 Å². The van der Waals surface area contributed by atoms with Crippen LogP contribution in [0.25, 0.3) is 0 Å². The average molecular weight is 322 g/mol. The van der Waals surface area contributed by atoms with Gasteiger partial charge in [-0.3, -0.25) is 0 Å². The van der Waals surface area contributed by atoms with Crippen LogP contribution in [0.1, 0.15) is 24.6 Å². The van der Waals surface area contributed by atoms with E-state index in [0.29, 0.717) is 12.4 Å². The third kappa shape index (κ3) is 3.75. The van der Waals surface area contributed by atoms with Crippen molar-refractivity contribution >= 4 is 15.9 Å². The van der Waals surface area contributed by atoms with Gasteiger partial charge in [0.05, 0.1) is 0 Å². The second kappa shape index (κ2) is 6.63. The summed E-state index contributed by atoms with van der Waals surface area (Å²) in [6.45, 7) is 2.53. The van der Waals surface area contributed by atoms with E-state index in [-0.39, 0.29) is 0 Å². The van der Waals surface area contributed by atoms with E-state index in [9.17, 15) is 0 Å². The molecule has 1 aromatic carbocycles. The molecule has 0 fully saturated rings. The molecule has 4 nitrogen and oxygen atoms in total. The van der Waals surface area contributed by atoms with Crippen molar-refractivity contribution in [2.45, 2.75) is 26.3 Å². The largest absolute Gasteiger partial charge is 0.439 e. The molecule has 0 amide bonds. The second-order valence-electron chi connectivity index (χ2n) is 4.16. The van der Waals surface area contributed by atoms with Crippen molar-refractivity contribution in [1.29, 1.82) is 0 Å². The van der Waals surface area contributed by atoms with Crippen LogP contribution in [0, 0.1) is 0 Å². The van der Waals surface area contributed by atoms with Gasteiger partial charge in [0.25, 0.3) is 0 Å². The van der Waals surface area contributed by atoms with Crippen molar-refractivity contribution < 1.29 is 4.74 Å². The minimum atomic E-state index is 0.418. The fourth-order valence-corrected chi connectivity index (χ4v) is 2.15. The van der Waals surface area contributed by atoms with Crippen LogP contribution in [0.3, 0.4) is 0 Å². The maximum Gasteiger partial charge on any atom is 0.222 e. The molecule has 100 valence electrons. The predicted molar refractivity (Wildman–Crippen MR) is 78.1 cm³/mol. The molecule has 2 N–H and O–H groups in total. The topological polar surface area (TPSA) is 61.0 Å². The first-order valence-electron chi connectivity index (χ1n) is 6.20. The average Bonchev–Trinajstić information content (AvgIpc) is 2.41. The van der Waals surface area contributed by atoms with Gasteiger partial charge < -0.3 is 10.5 Å². The molecule has 0 saturated heterocycles. The molecule has 19 heavy (non-hydrogen) atoms. The molecule has 0 aliphatic rings. The minimum Gasteiger partial charge on any atom is -0.439 e. The van der Waals surface area contributed by atoms with Crippen molar-refractivity contribution in [3.05, 3.63) is 46.3 Å². The summed E-state index contributed by atoms with van der Waals surface area (Å²) >= 11 is 3.42. The zero-order valence-electron chi connectivity index (χ0n) is 10.8. The molecule has 1 aromatic heterocycles. The van der Waals surface area contributed by atoms with E-state index in [1.807, 2.05) is 24.3 Å². The molecule has 5 heteroatoms. The van der Waals surface area contributed by atoms with Crippen molar-refractivity contribution in [3.63, 3.8) is 0 Å². The minimum absolute atomic E-state index is 0.418. The molecule has 0 saturated carbocycles. The third-order valence-corrected chi connectivity index (χ3v) is 3.15. The molecule has 1 heterocycles. The molecule has 2 aromatic rings. The van der Waals surface area contributed by atoms with Crippen LogP contribution in [-0.2, 0) is 13.0 Å². The molecular formula is C14H16BrN3O. The Morgan fingerprint density at radius 1 is 1.26 bits per heavy atom. The maximum absolute atomic E-state index is 5.79. The zero-order chi connectivity index (χ0) is 13.7. The summed E-state index contributed by atoms with van der Waals surface area (Å²) in [4.78, 5) is 8.33. The summed E-state index contributed by atoms with van der Waals surface area (Å²) in [5, 5.41) is 0. The summed E-state index contributed by atoms with van der Waals surface area (Å²) in [5.41, 5.74) is 7.64. The van der Waals surface area contributed by atoms with Crippen molar-refractivity contribution in [2.75, 3.05) is 0 Å². The smallest absolute Gasteiger partial charge is 0.222 e. The SMILES string of the molecule is CCCc1cc(Oc2ccc(Br)cc2CN)ncn1. The Labute approximate surface area is 121 Å². The van der Waals surface area contributed by atoms with E-state index >= 15 is 0 Å². The molecular weight excluding hydrogens is 306 g/mol. The molecule has 0 spiro atoms. The number of hydrogen-bond donors (Lipinski definition) is 1. The van der Waals surface area contributed by atoms with Crippen LogP contribution in [0.4, 0.5) is 0 Å². The number of benzene rings is 1. The molecule has 0 radical (unpaired) electrons. The van der Waals surface area contributed by atoms with Crippen LogP contribution in [0.5, 0.6) is 11.6 Å². The lowest BCUT2D eigenvalue weighted by Gasteiger charge is -2.10. The van der Waals surface area contributed by atoms with E-state index in [4.69, 9.17) is 10.5 Å². The van der Waals surface area contributed by atoms with Gasteiger partial charge in [-0.15, -0.1) is 0 Å². The van der Waals surface area contributed by atoms with Crippen molar-refractivity contribution in [3.8, 4) is 11.6 Å². The summed E-state index contributed by atoms with van der Waals surface area (Å²) < 4.78 is 6.77. The van der Waals surface area contributed by atoms with Gasteiger partial charge in [-0.2, -0.15) is 0 Å². The zero-order valence-corrected chi connectivity index (χ0v) is 12.4. The lowest BCUT2D eigenvalue weighted by molar-refractivity contribution is 0.454. The van der Waals surface area contributed by atoms with Crippen LogP contribution in [-0.4, -0.2) is 9.97 Å². The number of ether oxygens (including phenoxy) is 1. The quantitative estimate of drug-likeness (QED) is 0.916. The van der Waals surface area contributed by atoms with E-state index < -0.39 is 0 Å². The maximum atomic E-state index is 5.79. The van der Waals surface area contributed by atoms with Gasteiger partial charge in [-0.1, -0.05) is 29.3 Å². The molecule has 0 aliphatic carbocycles. The van der Waals surface area contributed by atoms with Crippen LogP contribution >= 0.6 is 15.9 Å². The number of aryl methyl sites for hydroxylation is 1. The van der Waals surface area contributed by atoms with Crippen LogP contribution < -0.4 is 10.5 Å². The number of nitrogens with two attached hydrogens (primary N) is 1. The number of nitrogens with zero attached hydrogens (tertiary/aromatic N) is 2. The molecule has 0 unspecified atom stereocenters. The molecule has 0 bridgehead atoms. The standard InChI is InChI=1S/C14H16BrN3O/c1-2-3-12-7-14(18-9-17-12)19-13-5-4-11(15)6-10(13)8-16/h4-7,9H,2-3,8,16H2,1H3. The van der Waals surface area contributed by atoms with Gasteiger partial charge in [0.15, 0.2) is 0 Å². The summed E-state index contributed by atoms with van der Waals surface area (Å²) in [6, 6.07) is 7.62. The van der Waals surface area contributed by atoms with E-state index in [0.717, 1.165) is 34.3 Å². The highest BCUT2D eigenvalue weighted by Crippen LogP contribution is 2.27. The van der Waals surface area contributed by atoms with Gasteiger partial charge in [0.2, 0.25) is 5.88 Å². The van der Waals surface area contributed by atoms with E-state index in [1.165, 1.54) is 6.33 Å². The lowest BCUT2D eigenvalue weighted by atomic mass is 10.2. The normalized spacial score (nSPS) is 10.5. The first-order chi connectivity index (χ1) is 9.22. The Morgan fingerprint density at radius 3 is 2.84 bits per heavy atom. The number of aromatic nitrogens is 2. The Morgan fingerprint density at radius 2 is 2.11 bits per heavy atom. The highest BCUT2D eigenvalue weighted by atomic mass is 79.9. The van der Waals surface area contributed by atoms with Crippen LogP contribution in [0.2, 0.25) is 0 Å². The first-order valence-corrected chi connectivity index (χ1v) is 6.99. The second-order valence-corrected chi connectivity index (χ2v) is 5.07. The fourth-order valence-electron chi connectivity index (χ4n) is 1.75. The fraction of sp³-hybridized carbons (Fsp3) is 0.286. The van der Waals surface area contributed by atoms with Gasteiger partial charge >= 0.3 is 0 Å². The number of halogens is 1. The number of rotatable bonds is 5.